The molecule has 14 heavy (non-hydrogen) atoms. The van der Waals surface area contributed by atoms with Gasteiger partial charge in [-0.05, 0) is 12.1 Å². The number of aromatic nitrogens is 1. The Morgan fingerprint density at radius 1 is 1.29 bits per heavy atom. The van der Waals surface area contributed by atoms with Crippen LogP contribution in [-0.4, -0.2) is 22.2 Å². The minimum atomic E-state index is -1.52. The molecule has 0 unspecified atom stereocenters. The summed E-state index contributed by atoms with van der Waals surface area (Å²) < 4.78 is 4.90. The minimum Gasteiger partial charge on any atom is -0.472 e. The van der Waals surface area contributed by atoms with Gasteiger partial charge in [0, 0.05) is 17.2 Å². The second-order valence-corrected chi connectivity index (χ2v) is 2.83. The number of hydrogen-bond donors (Lipinski definition) is 2. The van der Waals surface area contributed by atoms with Gasteiger partial charge in [-0.15, -0.1) is 0 Å². The van der Waals surface area contributed by atoms with Crippen molar-refractivity contribution in [1.29, 1.82) is 0 Å². The number of furan rings is 1. The minimum absolute atomic E-state index is 0.369. The van der Waals surface area contributed by atoms with Crippen LogP contribution in [0.1, 0.15) is 0 Å². The molecule has 0 radical (unpaired) electrons. The largest absolute Gasteiger partial charge is 0.490 e. The van der Waals surface area contributed by atoms with E-state index in [1.165, 1.54) is 12.5 Å². The Morgan fingerprint density at radius 3 is 2.79 bits per heavy atom. The fourth-order valence-corrected chi connectivity index (χ4v) is 1.27. The number of rotatable bonds is 2. The molecule has 2 heterocycles. The van der Waals surface area contributed by atoms with Gasteiger partial charge in [0.15, 0.2) is 0 Å². The Kier molecular flexibility index (Phi) is 2.34. The molecule has 0 saturated heterocycles. The molecule has 0 aromatic carbocycles. The van der Waals surface area contributed by atoms with Crippen molar-refractivity contribution in [1.82, 2.24) is 4.98 Å². The SMILES string of the molecule is OB(O)c1cccnc1-c1ccoc1. The molecule has 0 aliphatic carbocycles. The van der Waals surface area contributed by atoms with Crippen LogP contribution in [0.3, 0.4) is 0 Å². The Balaban J connectivity index is 2.53. The van der Waals surface area contributed by atoms with Crippen LogP contribution in [0.25, 0.3) is 11.3 Å². The zero-order valence-electron chi connectivity index (χ0n) is 7.29. The highest BCUT2D eigenvalue weighted by molar-refractivity contribution is 6.60. The Labute approximate surface area is 81.0 Å². The van der Waals surface area contributed by atoms with Crippen LogP contribution in [0.2, 0.25) is 0 Å². The molecule has 0 aliphatic rings. The van der Waals surface area contributed by atoms with E-state index in [4.69, 9.17) is 14.5 Å². The predicted molar refractivity (Wildman–Crippen MR) is 51.8 cm³/mol. The summed E-state index contributed by atoms with van der Waals surface area (Å²) >= 11 is 0. The maximum absolute atomic E-state index is 9.09. The smallest absolute Gasteiger partial charge is 0.472 e. The number of hydrogen-bond acceptors (Lipinski definition) is 4. The van der Waals surface area contributed by atoms with E-state index in [1.54, 1.807) is 24.4 Å². The lowest BCUT2D eigenvalue weighted by atomic mass is 9.78. The summed E-state index contributed by atoms with van der Waals surface area (Å²) in [7, 11) is -1.52. The molecule has 0 fully saturated rings. The molecule has 2 N–H and O–H groups in total. The third-order valence-electron chi connectivity index (χ3n) is 1.91. The zero-order valence-corrected chi connectivity index (χ0v) is 7.29. The molecule has 0 bridgehead atoms. The molecule has 2 aromatic rings. The summed E-state index contributed by atoms with van der Waals surface area (Å²) in [5.74, 6) is 0. The first kappa shape index (κ1) is 8.99. The van der Waals surface area contributed by atoms with Crippen molar-refractivity contribution in [3.63, 3.8) is 0 Å². The summed E-state index contributed by atoms with van der Waals surface area (Å²) in [5.41, 5.74) is 1.62. The predicted octanol–water partition coefficient (Wildman–Crippen LogP) is 0.0214. The zero-order chi connectivity index (χ0) is 9.97. The van der Waals surface area contributed by atoms with E-state index in [0.717, 1.165) is 5.56 Å². The molecule has 2 rings (SSSR count). The topological polar surface area (TPSA) is 66.5 Å². The second-order valence-electron chi connectivity index (χ2n) is 2.83. The van der Waals surface area contributed by atoms with Crippen molar-refractivity contribution in [3.05, 3.63) is 36.9 Å². The van der Waals surface area contributed by atoms with Gasteiger partial charge in [-0.3, -0.25) is 4.98 Å². The highest BCUT2D eigenvalue weighted by Crippen LogP contribution is 2.14. The molecule has 0 saturated carbocycles. The van der Waals surface area contributed by atoms with Crippen LogP contribution in [0.15, 0.2) is 41.3 Å². The summed E-state index contributed by atoms with van der Waals surface area (Å²) in [6, 6.07) is 4.98. The summed E-state index contributed by atoms with van der Waals surface area (Å²) in [5, 5.41) is 18.2. The normalized spacial score (nSPS) is 10.1. The van der Waals surface area contributed by atoms with Crippen LogP contribution < -0.4 is 5.46 Å². The molecule has 0 atom stereocenters. The van der Waals surface area contributed by atoms with E-state index in [0.29, 0.717) is 11.2 Å². The van der Waals surface area contributed by atoms with Crippen LogP contribution in [0, 0.1) is 0 Å². The Bertz CT molecular complexity index is 414. The van der Waals surface area contributed by atoms with Crippen LogP contribution in [-0.2, 0) is 0 Å². The van der Waals surface area contributed by atoms with Crippen molar-refractivity contribution in [2.75, 3.05) is 0 Å². The van der Waals surface area contributed by atoms with Gasteiger partial charge in [-0.25, -0.2) is 0 Å². The first-order valence-corrected chi connectivity index (χ1v) is 4.12. The van der Waals surface area contributed by atoms with Gasteiger partial charge in [-0.2, -0.15) is 0 Å². The third kappa shape index (κ3) is 1.55. The average molecular weight is 189 g/mol. The summed E-state index contributed by atoms with van der Waals surface area (Å²) in [6.07, 6.45) is 4.61. The number of nitrogens with zero attached hydrogens (tertiary/aromatic N) is 1. The molecule has 0 aliphatic heterocycles. The fraction of sp³-hybridized carbons (Fsp3) is 0. The van der Waals surface area contributed by atoms with Crippen molar-refractivity contribution < 1.29 is 14.5 Å². The summed E-state index contributed by atoms with van der Waals surface area (Å²) in [6.45, 7) is 0. The standard InChI is InChI=1S/C9H8BNO3/c12-10(13)8-2-1-4-11-9(8)7-3-5-14-6-7/h1-6,12-13H. The molecule has 0 spiro atoms. The first-order valence-electron chi connectivity index (χ1n) is 4.12. The van der Waals surface area contributed by atoms with Crippen LogP contribution in [0.4, 0.5) is 0 Å². The van der Waals surface area contributed by atoms with Gasteiger partial charge < -0.3 is 14.5 Å². The third-order valence-corrected chi connectivity index (χ3v) is 1.91. The van der Waals surface area contributed by atoms with Gasteiger partial charge >= 0.3 is 7.12 Å². The van der Waals surface area contributed by atoms with E-state index >= 15 is 0 Å². The first-order chi connectivity index (χ1) is 6.79. The van der Waals surface area contributed by atoms with Crippen molar-refractivity contribution in [2.45, 2.75) is 0 Å². The van der Waals surface area contributed by atoms with E-state index in [2.05, 4.69) is 4.98 Å². The van der Waals surface area contributed by atoms with Gasteiger partial charge in [-0.1, -0.05) is 6.07 Å². The van der Waals surface area contributed by atoms with E-state index in [1.807, 2.05) is 0 Å². The second kappa shape index (κ2) is 3.65. The maximum Gasteiger partial charge on any atom is 0.490 e. The molecule has 4 nitrogen and oxygen atoms in total. The Morgan fingerprint density at radius 2 is 2.14 bits per heavy atom. The van der Waals surface area contributed by atoms with Gasteiger partial charge in [0.05, 0.1) is 18.2 Å². The quantitative estimate of drug-likeness (QED) is 0.653. The van der Waals surface area contributed by atoms with Crippen molar-refractivity contribution in [2.24, 2.45) is 0 Å². The van der Waals surface area contributed by atoms with Crippen LogP contribution >= 0.6 is 0 Å². The maximum atomic E-state index is 9.09. The average Bonchev–Trinajstić information content (AvgIpc) is 2.70. The van der Waals surface area contributed by atoms with E-state index < -0.39 is 7.12 Å². The number of pyridine rings is 1. The fourth-order valence-electron chi connectivity index (χ4n) is 1.27. The summed E-state index contributed by atoms with van der Waals surface area (Å²) in [4.78, 5) is 4.06. The molecule has 5 heteroatoms. The van der Waals surface area contributed by atoms with Crippen LogP contribution in [0.5, 0.6) is 0 Å². The van der Waals surface area contributed by atoms with E-state index in [-0.39, 0.29) is 0 Å². The van der Waals surface area contributed by atoms with Crippen molar-refractivity contribution >= 4 is 12.6 Å². The lowest BCUT2D eigenvalue weighted by Crippen LogP contribution is -2.32. The Hall–Kier alpha value is -1.59. The highest BCUT2D eigenvalue weighted by atomic mass is 16.4. The lowest BCUT2D eigenvalue weighted by Gasteiger charge is -2.04. The van der Waals surface area contributed by atoms with E-state index in [9.17, 15) is 0 Å². The monoisotopic (exact) mass is 189 g/mol. The molecule has 70 valence electrons. The van der Waals surface area contributed by atoms with Gasteiger partial charge in [0.2, 0.25) is 0 Å². The van der Waals surface area contributed by atoms with Gasteiger partial charge in [0.1, 0.15) is 0 Å². The molecular weight excluding hydrogens is 181 g/mol. The lowest BCUT2D eigenvalue weighted by molar-refractivity contribution is 0.426. The van der Waals surface area contributed by atoms with Crippen molar-refractivity contribution in [3.8, 4) is 11.3 Å². The van der Waals surface area contributed by atoms with Gasteiger partial charge in [0.25, 0.3) is 0 Å². The molecule has 2 aromatic heterocycles. The molecular formula is C9H8BNO3. The molecule has 0 amide bonds. The highest BCUT2D eigenvalue weighted by Gasteiger charge is 2.17.